The Morgan fingerprint density at radius 3 is 2.59 bits per heavy atom. The highest BCUT2D eigenvalue weighted by Crippen LogP contribution is 2.37. The summed E-state index contributed by atoms with van der Waals surface area (Å²) in [4.78, 5) is 12.8. The van der Waals surface area contributed by atoms with E-state index in [1.54, 1.807) is 7.05 Å². The highest BCUT2D eigenvalue weighted by molar-refractivity contribution is 5.80. The number of carbonyl (C=O) groups is 1. The topological polar surface area (TPSA) is 266 Å². The summed E-state index contributed by atoms with van der Waals surface area (Å²) >= 11 is 0. The number of aliphatic hydroxyl groups excluding tert-OH is 3. The molecule has 1 unspecified atom stereocenters. The largest absolute Gasteiger partial charge is 0.492 e. The van der Waals surface area contributed by atoms with E-state index in [9.17, 15) is 25.2 Å². The third kappa shape index (κ3) is 8.13. The van der Waals surface area contributed by atoms with Crippen LogP contribution in [0.25, 0.3) is 0 Å². The number of hydrogen-bond donors (Lipinski definition) is 11. The maximum absolute atomic E-state index is 12.8. The van der Waals surface area contributed by atoms with Gasteiger partial charge in [-0.1, -0.05) is 0 Å². The first kappa shape index (κ1) is 34.0. The van der Waals surface area contributed by atoms with Crippen LogP contribution in [0.5, 0.6) is 0 Å². The zero-order valence-electron chi connectivity index (χ0n) is 24.0. The fraction of sp³-hybridized carbons (Fsp3) is 0.885. The highest BCUT2D eigenvalue weighted by Gasteiger charge is 2.53. The molecule has 2 aliphatic heterocycles. The summed E-state index contributed by atoms with van der Waals surface area (Å²) in [7, 11) is 1.60. The molecule has 0 aromatic heterocycles. The van der Waals surface area contributed by atoms with Crippen molar-refractivity contribution >= 4 is 5.91 Å². The van der Waals surface area contributed by atoms with Crippen LogP contribution in [0, 0.1) is 5.92 Å². The van der Waals surface area contributed by atoms with E-state index < -0.39 is 72.4 Å². The van der Waals surface area contributed by atoms with E-state index in [0.29, 0.717) is 25.3 Å². The molecule has 41 heavy (non-hydrogen) atoms. The van der Waals surface area contributed by atoms with Gasteiger partial charge in [0, 0.05) is 18.0 Å². The number of rotatable bonds is 13. The zero-order chi connectivity index (χ0) is 30.3. The molecule has 238 valence electrons. The molecular weight excluding hydrogens is 538 g/mol. The lowest BCUT2D eigenvalue weighted by Gasteiger charge is -2.51. The lowest BCUT2D eigenvalue weighted by Crippen LogP contribution is -2.69. The predicted molar refractivity (Wildman–Crippen MR) is 150 cm³/mol. The van der Waals surface area contributed by atoms with E-state index in [1.807, 2.05) is 6.08 Å². The van der Waals surface area contributed by atoms with E-state index in [2.05, 4.69) is 16.0 Å². The van der Waals surface area contributed by atoms with Gasteiger partial charge in [0.2, 0.25) is 5.91 Å². The van der Waals surface area contributed by atoms with E-state index in [0.717, 1.165) is 6.42 Å². The van der Waals surface area contributed by atoms with Gasteiger partial charge >= 0.3 is 0 Å². The van der Waals surface area contributed by atoms with Crippen LogP contribution >= 0.6 is 0 Å². The molecule has 3 rings (SSSR count). The predicted octanol–water partition coefficient (Wildman–Crippen LogP) is -4.73. The van der Waals surface area contributed by atoms with E-state index in [-0.39, 0.29) is 38.6 Å². The van der Waals surface area contributed by atoms with Crippen LogP contribution in [0.3, 0.4) is 0 Å². The molecule has 15 nitrogen and oxygen atoms in total. The molecule has 0 spiro atoms. The molecule has 2 heterocycles. The number of aliphatic hydroxyl groups is 4. The summed E-state index contributed by atoms with van der Waals surface area (Å²) in [6, 6.07) is -2.50. The molecule has 0 aromatic carbocycles. The van der Waals surface area contributed by atoms with Gasteiger partial charge in [0.1, 0.15) is 35.8 Å². The average molecular weight is 590 g/mol. The number of hydrogen-bond acceptors (Lipinski definition) is 14. The van der Waals surface area contributed by atoms with Gasteiger partial charge in [0.25, 0.3) is 0 Å². The first-order valence-corrected chi connectivity index (χ1v) is 14.4. The molecule has 2 fully saturated rings. The molecule has 0 aromatic rings. The van der Waals surface area contributed by atoms with Crippen molar-refractivity contribution in [3.63, 3.8) is 0 Å². The fourth-order valence-electron chi connectivity index (χ4n) is 6.10. The van der Waals surface area contributed by atoms with Crippen molar-refractivity contribution in [3.8, 4) is 0 Å². The summed E-state index contributed by atoms with van der Waals surface area (Å²) < 4.78 is 18.2. The Morgan fingerprint density at radius 1 is 1.22 bits per heavy atom. The summed E-state index contributed by atoms with van der Waals surface area (Å²) in [5, 5.41) is 52.8. The van der Waals surface area contributed by atoms with Crippen molar-refractivity contribution in [1.29, 1.82) is 0 Å². The van der Waals surface area contributed by atoms with Gasteiger partial charge in [-0.2, -0.15) is 0 Å². The minimum absolute atomic E-state index is 0.0466. The molecule has 15 heteroatoms. The molecule has 1 aliphatic carbocycles. The average Bonchev–Trinajstić information content (AvgIpc) is 2.92. The minimum atomic E-state index is -1.38. The molecule has 1 saturated heterocycles. The van der Waals surface area contributed by atoms with Crippen LogP contribution in [-0.2, 0) is 19.0 Å². The summed E-state index contributed by atoms with van der Waals surface area (Å²) in [6.07, 6.45) is -3.45. The Labute approximate surface area is 241 Å². The van der Waals surface area contributed by atoms with Crippen molar-refractivity contribution in [3.05, 3.63) is 11.8 Å². The van der Waals surface area contributed by atoms with Crippen molar-refractivity contribution in [2.24, 2.45) is 28.9 Å². The first-order chi connectivity index (χ1) is 19.5. The molecular formula is C26H51N7O8. The van der Waals surface area contributed by atoms with E-state index >= 15 is 0 Å². The normalized spacial score (nSPS) is 40.4. The Kier molecular flexibility index (Phi) is 12.7. The second-order valence-electron chi connectivity index (χ2n) is 11.5. The van der Waals surface area contributed by atoms with Crippen LogP contribution < -0.4 is 38.9 Å². The maximum atomic E-state index is 12.8. The van der Waals surface area contributed by atoms with Gasteiger partial charge in [0.15, 0.2) is 6.29 Å². The smallest absolute Gasteiger partial charge is 0.249 e. The Morgan fingerprint density at radius 2 is 1.95 bits per heavy atom. The number of carbonyl (C=O) groups excluding carboxylic acids is 1. The summed E-state index contributed by atoms with van der Waals surface area (Å²) in [6.45, 7) is 2.80. The molecule has 12 atom stereocenters. The number of amides is 1. The van der Waals surface area contributed by atoms with Crippen LogP contribution in [0.4, 0.5) is 0 Å². The molecule has 3 aliphatic rings. The van der Waals surface area contributed by atoms with Crippen LogP contribution in [0.2, 0.25) is 0 Å². The number of nitrogens with two attached hydrogens (primary N) is 4. The first-order valence-electron chi connectivity index (χ1n) is 14.4. The lowest BCUT2D eigenvalue weighted by atomic mass is 9.72. The molecule has 0 radical (unpaired) electrons. The maximum Gasteiger partial charge on any atom is 0.249 e. The SMILES string of the molecule is CN[C@@H]1[C@@H](O)[C@@H](O[C@@H]2[C@@H](O)[C@H](C3OC(CN)=CC[C@H]3NCCCN)[C@@H](N)C[C@H]2NC(=O)[C@@H](O)CCN)OC[C@]1(C)O. The standard InChI is InChI=1S/C26H51N7O8/c1-26(38)12-39-25(20(36)23(26)31-2)41-22-16(33-24(37)17(34)6-8-28)10-14(30)18(19(22)35)21-15(32-9-3-7-27)5-4-13(11-29)40-21/h4,14-23,25,31-32,34-36,38H,3,5-12,27-30H2,1-2H3,(H,33,37)/t14-,15+,16+,17-,18+,19-,20+,21?,22-,23+,25+,26-/m0/s1. The zero-order valence-corrected chi connectivity index (χ0v) is 24.0. The van der Waals surface area contributed by atoms with Crippen LogP contribution in [0.15, 0.2) is 11.8 Å². The van der Waals surface area contributed by atoms with Crippen molar-refractivity contribution in [1.82, 2.24) is 16.0 Å². The molecule has 0 bridgehead atoms. The van der Waals surface area contributed by atoms with Gasteiger partial charge in [0.05, 0.1) is 31.3 Å². The number of nitrogens with one attached hydrogen (secondary N) is 3. The quantitative estimate of drug-likeness (QED) is 0.0901. The summed E-state index contributed by atoms with van der Waals surface area (Å²) in [5.41, 5.74) is 22.3. The molecule has 1 amide bonds. The molecule has 1 saturated carbocycles. The summed E-state index contributed by atoms with van der Waals surface area (Å²) in [5.74, 6) is -0.775. The van der Waals surface area contributed by atoms with Crippen molar-refractivity contribution < 1.29 is 39.4 Å². The van der Waals surface area contributed by atoms with Crippen LogP contribution in [-0.4, -0.2) is 133 Å². The third-order valence-electron chi connectivity index (χ3n) is 8.30. The fourth-order valence-corrected chi connectivity index (χ4v) is 6.10. The van der Waals surface area contributed by atoms with Crippen LogP contribution in [0.1, 0.15) is 32.6 Å². The third-order valence-corrected chi connectivity index (χ3v) is 8.30. The Balaban J connectivity index is 1.90. The van der Waals surface area contributed by atoms with Crippen molar-refractivity contribution in [2.45, 2.75) is 99.2 Å². The highest BCUT2D eigenvalue weighted by atomic mass is 16.7. The minimum Gasteiger partial charge on any atom is -0.492 e. The monoisotopic (exact) mass is 589 g/mol. The number of likely N-dealkylation sites (N-methyl/N-ethyl adjacent to an activating group) is 1. The van der Waals surface area contributed by atoms with E-state index in [1.165, 1.54) is 6.92 Å². The Bertz CT molecular complexity index is 868. The van der Waals surface area contributed by atoms with Gasteiger partial charge < -0.3 is 73.5 Å². The lowest BCUT2D eigenvalue weighted by molar-refractivity contribution is -0.297. The van der Waals surface area contributed by atoms with Gasteiger partial charge in [-0.15, -0.1) is 0 Å². The Hall–Kier alpha value is -1.47. The second-order valence-corrected chi connectivity index (χ2v) is 11.5. The molecule has 15 N–H and O–H groups in total. The number of ether oxygens (including phenoxy) is 3. The van der Waals surface area contributed by atoms with Gasteiger partial charge in [-0.05, 0) is 65.4 Å². The van der Waals surface area contributed by atoms with E-state index in [4.69, 9.17) is 37.1 Å². The van der Waals surface area contributed by atoms with Crippen molar-refractivity contribution in [2.75, 3.05) is 39.8 Å². The van der Waals surface area contributed by atoms with Gasteiger partial charge in [-0.25, -0.2) is 0 Å². The van der Waals surface area contributed by atoms with Gasteiger partial charge in [-0.3, -0.25) is 4.79 Å². The second kappa shape index (κ2) is 15.3.